The molecule has 1 aromatic carbocycles. The largest absolute Gasteiger partial charge is 0.456 e. The first-order valence-corrected chi connectivity index (χ1v) is 7.84. The fourth-order valence-electron chi connectivity index (χ4n) is 3.47. The number of rotatable bonds is 5. The minimum Gasteiger partial charge on any atom is -0.456 e. The van der Waals surface area contributed by atoms with E-state index in [0.29, 0.717) is 18.4 Å². The summed E-state index contributed by atoms with van der Waals surface area (Å²) in [6.45, 7) is 0.00769. The van der Waals surface area contributed by atoms with E-state index < -0.39 is 29.7 Å². The van der Waals surface area contributed by atoms with Crippen LogP contribution in [-0.4, -0.2) is 46.6 Å². The van der Waals surface area contributed by atoms with E-state index in [1.54, 1.807) is 30.3 Å². The van der Waals surface area contributed by atoms with E-state index in [4.69, 9.17) is 14.6 Å². The van der Waals surface area contributed by atoms with Crippen LogP contribution >= 0.6 is 0 Å². The summed E-state index contributed by atoms with van der Waals surface area (Å²) >= 11 is 0. The normalized spacial score (nSPS) is 32.4. The van der Waals surface area contributed by atoms with E-state index in [-0.39, 0.29) is 25.4 Å². The summed E-state index contributed by atoms with van der Waals surface area (Å²) in [4.78, 5) is 24.1. The van der Waals surface area contributed by atoms with Crippen molar-refractivity contribution in [3.8, 4) is 0 Å². The van der Waals surface area contributed by atoms with Gasteiger partial charge in [-0.15, -0.1) is 0 Å². The molecule has 2 bridgehead atoms. The zero-order valence-corrected chi connectivity index (χ0v) is 12.7. The van der Waals surface area contributed by atoms with Crippen LogP contribution in [0, 0.1) is 5.92 Å². The van der Waals surface area contributed by atoms with Crippen molar-refractivity contribution < 1.29 is 29.3 Å². The van der Waals surface area contributed by atoms with Gasteiger partial charge in [-0.1, -0.05) is 18.2 Å². The molecule has 0 aromatic heterocycles. The molecule has 1 heterocycles. The molecule has 0 unspecified atom stereocenters. The monoisotopic (exact) mass is 320 g/mol. The van der Waals surface area contributed by atoms with Gasteiger partial charge in [-0.2, -0.15) is 0 Å². The van der Waals surface area contributed by atoms with Crippen molar-refractivity contribution in [1.29, 1.82) is 0 Å². The lowest BCUT2D eigenvalue weighted by atomic mass is 9.75. The molecule has 1 aliphatic heterocycles. The van der Waals surface area contributed by atoms with Crippen molar-refractivity contribution in [2.75, 3.05) is 6.61 Å². The van der Waals surface area contributed by atoms with Gasteiger partial charge in [-0.25, -0.2) is 9.59 Å². The van der Waals surface area contributed by atoms with Gasteiger partial charge < -0.3 is 19.7 Å². The minimum atomic E-state index is -1.49. The molecule has 3 rings (SSSR count). The fourth-order valence-corrected chi connectivity index (χ4v) is 3.47. The maximum atomic E-state index is 12.3. The van der Waals surface area contributed by atoms with E-state index in [0.717, 1.165) is 0 Å². The maximum Gasteiger partial charge on any atom is 0.338 e. The van der Waals surface area contributed by atoms with Gasteiger partial charge in [0.05, 0.1) is 5.56 Å². The molecule has 6 heteroatoms. The predicted molar refractivity (Wildman–Crippen MR) is 79.5 cm³/mol. The molecular weight excluding hydrogens is 300 g/mol. The van der Waals surface area contributed by atoms with Crippen LogP contribution in [0.3, 0.4) is 0 Å². The summed E-state index contributed by atoms with van der Waals surface area (Å²) in [5, 5.41) is 19.4. The number of carbonyl (C=O) groups excluding carboxylic acids is 2. The van der Waals surface area contributed by atoms with Gasteiger partial charge in [0.15, 0.2) is 5.60 Å². The van der Waals surface area contributed by atoms with Gasteiger partial charge in [0.25, 0.3) is 0 Å². The Bertz CT molecular complexity index is 586. The number of ether oxygens (including phenoxy) is 2. The molecule has 2 N–H and O–H groups in total. The summed E-state index contributed by atoms with van der Waals surface area (Å²) in [6, 6.07) is 8.61. The summed E-state index contributed by atoms with van der Waals surface area (Å²) in [5.74, 6) is -1.34. The van der Waals surface area contributed by atoms with Crippen LogP contribution in [0.5, 0.6) is 0 Å². The molecule has 1 saturated carbocycles. The third kappa shape index (κ3) is 3.09. The Kier molecular flexibility index (Phi) is 4.37. The van der Waals surface area contributed by atoms with Crippen molar-refractivity contribution in [2.24, 2.45) is 5.92 Å². The minimum absolute atomic E-state index is 0.00769. The second-order valence-corrected chi connectivity index (χ2v) is 6.25. The van der Waals surface area contributed by atoms with Gasteiger partial charge in [-0.05, 0) is 31.4 Å². The SMILES string of the molecule is O=C(O[C@@H]1[C@@H](CCCO)C[C@]2(O)C[C@H]1OC2=O)c1ccccc1. The van der Waals surface area contributed by atoms with Gasteiger partial charge in [0, 0.05) is 18.9 Å². The zero-order valence-electron chi connectivity index (χ0n) is 12.7. The van der Waals surface area contributed by atoms with Gasteiger partial charge >= 0.3 is 11.9 Å². The number of aliphatic hydroxyl groups is 2. The molecule has 124 valence electrons. The zero-order chi connectivity index (χ0) is 16.4. The lowest BCUT2D eigenvalue weighted by Gasteiger charge is -2.36. The van der Waals surface area contributed by atoms with Crippen LogP contribution in [0.25, 0.3) is 0 Å². The Labute approximate surface area is 134 Å². The van der Waals surface area contributed by atoms with Crippen LogP contribution < -0.4 is 0 Å². The first-order chi connectivity index (χ1) is 11.0. The number of hydrogen-bond acceptors (Lipinski definition) is 6. The second kappa shape index (κ2) is 6.29. The van der Waals surface area contributed by atoms with Crippen molar-refractivity contribution in [1.82, 2.24) is 0 Å². The summed E-state index contributed by atoms with van der Waals surface area (Å²) in [6.07, 6.45) is 0.182. The van der Waals surface area contributed by atoms with E-state index in [1.807, 2.05) is 0 Å². The third-order valence-electron chi connectivity index (χ3n) is 4.59. The predicted octanol–water partition coefficient (Wildman–Crippen LogP) is 1.05. The highest BCUT2D eigenvalue weighted by Gasteiger charge is 2.58. The van der Waals surface area contributed by atoms with E-state index >= 15 is 0 Å². The quantitative estimate of drug-likeness (QED) is 0.788. The molecule has 2 fully saturated rings. The summed E-state index contributed by atoms with van der Waals surface area (Å²) in [5.41, 5.74) is -1.06. The molecular formula is C17H20O6. The van der Waals surface area contributed by atoms with Crippen LogP contribution in [0.2, 0.25) is 0 Å². The molecule has 6 nitrogen and oxygen atoms in total. The Morgan fingerprint density at radius 1 is 1.30 bits per heavy atom. The van der Waals surface area contributed by atoms with Crippen molar-refractivity contribution in [3.63, 3.8) is 0 Å². The highest BCUT2D eigenvalue weighted by Crippen LogP contribution is 2.44. The average Bonchev–Trinajstić information content (AvgIpc) is 2.80. The maximum absolute atomic E-state index is 12.3. The standard InChI is InChI=1S/C17H20O6/c18-8-4-7-12-9-17(21)10-13(22-16(17)20)14(12)23-15(19)11-5-2-1-3-6-11/h1-3,5-6,12-14,18,21H,4,7-10H2/t12-,13+,14+,17-/m0/s1. The summed E-state index contributed by atoms with van der Waals surface area (Å²) < 4.78 is 10.8. The van der Waals surface area contributed by atoms with Crippen molar-refractivity contribution in [3.05, 3.63) is 35.9 Å². The molecule has 0 spiro atoms. The van der Waals surface area contributed by atoms with Crippen LogP contribution in [-0.2, 0) is 14.3 Å². The number of esters is 2. The lowest BCUT2D eigenvalue weighted by molar-refractivity contribution is -0.154. The smallest absolute Gasteiger partial charge is 0.338 e. The molecule has 1 aliphatic carbocycles. The highest BCUT2D eigenvalue weighted by atomic mass is 16.6. The Hall–Kier alpha value is -1.92. The molecule has 4 atom stereocenters. The highest BCUT2D eigenvalue weighted by molar-refractivity contribution is 5.89. The van der Waals surface area contributed by atoms with Crippen molar-refractivity contribution >= 4 is 11.9 Å². The first-order valence-electron chi connectivity index (χ1n) is 7.84. The molecule has 2 aliphatic rings. The Balaban J connectivity index is 1.77. The topological polar surface area (TPSA) is 93.1 Å². The molecule has 0 amide bonds. The van der Waals surface area contributed by atoms with E-state index in [2.05, 4.69) is 0 Å². The van der Waals surface area contributed by atoms with Crippen molar-refractivity contribution in [2.45, 2.75) is 43.5 Å². The molecule has 0 radical (unpaired) electrons. The number of carbonyl (C=O) groups is 2. The third-order valence-corrected chi connectivity index (χ3v) is 4.59. The number of fused-ring (bicyclic) bond motifs is 2. The van der Waals surface area contributed by atoms with E-state index in [1.165, 1.54) is 0 Å². The summed E-state index contributed by atoms with van der Waals surface area (Å²) in [7, 11) is 0. The second-order valence-electron chi connectivity index (χ2n) is 6.25. The van der Waals surface area contributed by atoms with Crippen LogP contribution in [0.15, 0.2) is 30.3 Å². The Morgan fingerprint density at radius 2 is 2.04 bits per heavy atom. The first kappa shape index (κ1) is 16.0. The molecule has 23 heavy (non-hydrogen) atoms. The van der Waals surface area contributed by atoms with Crippen LogP contribution in [0.4, 0.5) is 0 Å². The Morgan fingerprint density at radius 3 is 2.74 bits per heavy atom. The fraction of sp³-hybridized carbons (Fsp3) is 0.529. The molecule has 1 saturated heterocycles. The number of benzene rings is 1. The van der Waals surface area contributed by atoms with Gasteiger partial charge in [-0.3, -0.25) is 0 Å². The average molecular weight is 320 g/mol. The molecule has 1 aromatic rings. The van der Waals surface area contributed by atoms with Gasteiger partial charge in [0.2, 0.25) is 0 Å². The lowest BCUT2D eigenvalue weighted by Crippen LogP contribution is -2.47. The van der Waals surface area contributed by atoms with Gasteiger partial charge in [0.1, 0.15) is 12.2 Å². The van der Waals surface area contributed by atoms with Crippen LogP contribution in [0.1, 0.15) is 36.0 Å². The van der Waals surface area contributed by atoms with E-state index in [9.17, 15) is 14.7 Å². The number of aliphatic hydroxyl groups excluding tert-OH is 1. The number of hydrogen-bond donors (Lipinski definition) is 2.